The molecule has 0 amide bonds. The maximum atomic E-state index is 12.2. The maximum absolute atomic E-state index is 12.2. The third kappa shape index (κ3) is 11.9. The first-order chi connectivity index (χ1) is 13.5. The second kappa shape index (κ2) is 13.0. The van der Waals surface area contributed by atoms with Gasteiger partial charge in [-0.25, -0.2) is 18.9 Å². The Bertz CT molecular complexity index is 666. The van der Waals surface area contributed by atoms with E-state index in [1.807, 2.05) is 0 Å². The van der Waals surface area contributed by atoms with Gasteiger partial charge in [0, 0.05) is 0 Å². The molecule has 0 N–H and O–H groups in total. The van der Waals surface area contributed by atoms with Gasteiger partial charge in [0.1, 0.15) is 19.3 Å². The van der Waals surface area contributed by atoms with Crippen LogP contribution < -0.4 is 0 Å². The Morgan fingerprint density at radius 3 is 1.03 bits per heavy atom. The van der Waals surface area contributed by atoms with Crippen molar-refractivity contribution in [3.05, 3.63) is 38.0 Å². The maximum Gasteiger partial charge on any atom is 0.584 e. The van der Waals surface area contributed by atoms with Crippen LogP contribution in [-0.2, 0) is 62.0 Å². The molecule has 0 aliphatic rings. The molecule has 0 aliphatic carbocycles. The van der Waals surface area contributed by atoms with Crippen molar-refractivity contribution < 1.29 is 62.0 Å². The quantitative estimate of drug-likeness (QED) is 0.117. The van der Waals surface area contributed by atoms with E-state index in [-0.39, 0.29) is 0 Å². The van der Waals surface area contributed by atoms with Crippen LogP contribution in [0.4, 0.5) is 0 Å². The number of rotatable bonds is 15. The molecule has 0 aromatic heterocycles. The lowest BCUT2D eigenvalue weighted by atomic mass is 10.3. The zero-order valence-electron chi connectivity index (χ0n) is 14.7. The number of allylic oxidation sites excluding steroid dienone is 3. The predicted octanol–water partition coefficient (Wildman–Crippen LogP) is 0.954. The Kier molecular flexibility index (Phi) is 11.6. The average Bonchev–Trinajstić information content (AvgIpc) is 2.69. The monoisotopic (exact) mass is 434 g/mol. The minimum Gasteiger partial charge on any atom is -0.294 e. The van der Waals surface area contributed by atoms with E-state index in [2.05, 4.69) is 48.4 Å². The lowest BCUT2D eigenvalue weighted by Crippen LogP contribution is -2.15. The summed E-state index contributed by atoms with van der Waals surface area (Å²) in [4.78, 5) is 79.0. The number of carbonyl (C=O) groups is 6. The summed E-state index contributed by atoms with van der Waals surface area (Å²) in [6, 6.07) is 0. The summed E-state index contributed by atoms with van der Waals surface area (Å²) in [6.07, 6.45) is -0.305. The molecule has 0 radical (unpaired) electrons. The molecule has 0 aromatic carbocycles. The van der Waals surface area contributed by atoms with E-state index in [9.17, 15) is 33.3 Å². The Morgan fingerprint density at radius 1 is 0.586 bits per heavy atom. The van der Waals surface area contributed by atoms with E-state index in [0.717, 1.165) is 18.2 Å². The summed E-state index contributed by atoms with van der Waals surface area (Å²) in [6.45, 7) is 9.29. The van der Waals surface area contributed by atoms with Crippen molar-refractivity contribution in [1.29, 1.82) is 0 Å². The summed E-state index contributed by atoms with van der Waals surface area (Å²) in [7, 11) is -5.28. The topological polar surface area (TPSA) is 175 Å². The van der Waals surface area contributed by atoms with Gasteiger partial charge in [0.25, 0.3) is 0 Å². The molecule has 0 rings (SSSR count). The van der Waals surface area contributed by atoms with Gasteiger partial charge in [0.05, 0.1) is 0 Å². The fraction of sp³-hybridized carbons (Fsp3) is 0.200. The zero-order chi connectivity index (χ0) is 22.4. The third-order valence-corrected chi connectivity index (χ3v) is 3.07. The van der Waals surface area contributed by atoms with E-state index < -0.39 is 62.3 Å². The molecule has 0 unspecified atom stereocenters. The van der Waals surface area contributed by atoms with Crippen molar-refractivity contribution in [2.24, 2.45) is 0 Å². The number of hydrogen-bond acceptors (Lipinski definition) is 13. The highest BCUT2D eigenvalue weighted by atomic mass is 31.2. The minimum absolute atomic E-state index is 0.782. The van der Waals surface area contributed by atoms with Crippen LogP contribution in [0.25, 0.3) is 0 Å². The Labute approximate surface area is 163 Å². The second-order valence-corrected chi connectivity index (χ2v) is 5.92. The molecule has 0 fully saturated rings. The van der Waals surface area contributed by atoms with Gasteiger partial charge in [0.2, 0.25) is 0 Å². The first-order valence-electron chi connectivity index (χ1n) is 7.28. The van der Waals surface area contributed by atoms with Crippen molar-refractivity contribution in [1.82, 2.24) is 0 Å². The number of carbonyl (C=O) groups excluding carboxylic acids is 6. The standard InChI is InChI=1S/C15H15O13P/c1-4-10(16)7-13(19)23-26-29(22,27-24-14(20)8-11(17)5-2)28-25-15(21)9-12(18)6-3/h4-6H,1-3,7-9H2. The van der Waals surface area contributed by atoms with E-state index >= 15 is 0 Å². The molecule has 0 atom stereocenters. The van der Waals surface area contributed by atoms with Crippen molar-refractivity contribution in [2.75, 3.05) is 0 Å². The van der Waals surface area contributed by atoms with Crippen LogP contribution in [0.2, 0.25) is 0 Å². The molecule has 29 heavy (non-hydrogen) atoms. The molecule has 0 saturated carbocycles. The highest BCUT2D eigenvalue weighted by molar-refractivity contribution is 7.48. The number of ketones is 3. The van der Waals surface area contributed by atoms with Crippen LogP contribution in [0.1, 0.15) is 19.3 Å². The fourth-order valence-corrected chi connectivity index (χ4v) is 1.63. The Balaban J connectivity index is 4.99. The van der Waals surface area contributed by atoms with Crippen LogP contribution in [0.5, 0.6) is 0 Å². The van der Waals surface area contributed by atoms with Crippen LogP contribution in [0.15, 0.2) is 38.0 Å². The molecule has 0 bridgehead atoms. The molecule has 0 heterocycles. The zero-order valence-corrected chi connectivity index (χ0v) is 15.6. The summed E-state index contributed by atoms with van der Waals surface area (Å²) in [5.41, 5.74) is 0. The van der Waals surface area contributed by atoms with Gasteiger partial charge in [0.15, 0.2) is 17.3 Å². The molecule has 0 spiro atoms. The molecule has 0 saturated heterocycles. The van der Waals surface area contributed by atoms with Gasteiger partial charge in [-0.2, -0.15) is 0 Å². The van der Waals surface area contributed by atoms with Crippen LogP contribution in [-0.4, -0.2) is 35.3 Å². The molecular weight excluding hydrogens is 419 g/mol. The van der Waals surface area contributed by atoms with Gasteiger partial charge in [-0.05, 0) is 18.2 Å². The fourth-order valence-electron chi connectivity index (χ4n) is 1.03. The van der Waals surface area contributed by atoms with Crippen LogP contribution in [0.3, 0.4) is 0 Å². The second-order valence-electron chi connectivity index (χ2n) is 4.58. The smallest absolute Gasteiger partial charge is 0.294 e. The van der Waals surface area contributed by atoms with Crippen molar-refractivity contribution in [3.63, 3.8) is 0 Å². The normalized spacial score (nSPS) is 10.2. The van der Waals surface area contributed by atoms with Gasteiger partial charge >= 0.3 is 25.7 Å². The predicted molar refractivity (Wildman–Crippen MR) is 88.6 cm³/mol. The number of hydrogen-bond donors (Lipinski definition) is 0. The van der Waals surface area contributed by atoms with Gasteiger partial charge < -0.3 is 0 Å². The van der Waals surface area contributed by atoms with E-state index in [1.54, 1.807) is 0 Å². The van der Waals surface area contributed by atoms with Gasteiger partial charge in [-0.1, -0.05) is 33.8 Å². The van der Waals surface area contributed by atoms with E-state index in [1.165, 1.54) is 0 Å². The largest absolute Gasteiger partial charge is 0.584 e. The molecule has 13 nitrogen and oxygen atoms in total. The van der Waals surface area contributed by atoms with Crippen LogP contribution in [0, 0.1) is 0 Å². The SMILES string of the molecule is C=CC(=O)CC(=O)OOP(=O)(OOC(=O)CC(=O)C=C)OOC(=O)CC(=O)C=C. The summed E-state index contributed by atoms with van der Waals surface area (Å²) in [5, 5.41) is 0. The first-order valence-corrected chi connectivity index (χ1v) is 8.74. The number of phosphoric acid groups is 1. The minimum atomic E-state index is -5.28. The van der Waals surface area contributed by atoms with E-state index in [0.29, 0.717) is 0 Å². The molecular formula is C15H15O13P. The molecule has 158 valence electrons. The summed E-state index contributed by atoms with van der Waals surface area (Å²) in [5.74, 6) is -6.58. The molecule has 0 aromatic rings. The molecule has 14 heteroatoms. The lowest BCUT2D eigenvalue weighted by Gasteiger charge is -2.12. The van der Waals surface area contributed by atoms with Crippen molar-refractivity contribution >= 4 is 43.1 Å². The van der Waals surface area contributed by atoms with Crippen LogP contribution >= 0.6 is 7.82 Å². The summed E-state index contributed by atoms with van der Waals surface area (Å²) >= 11 is 0. The third-order valence-electron chi connectivity index (χ3n) is 2.30. The van der Waals surface area contributed by atoms with E-state index in [4.69, 9.17) is 0 Å². The molecule has 0 aliphatic heterocycles. The van der Waals surface area contributed by atoms with Crippen molar-refractivity contribution in [2.45, 2.75) is 19.3 Å². The lowest BCUT2D eigenvalue weighted by molar-refractivity contribution is -0.296. The highest BCUT2D eigenvalue weighted by Gasteiger charge is 2.38. The highest BCUT2D eigenvalue weighted by Crippen LogP contribution is 2.50. The summed E-state index contributed by atoms with van der Waals surface area (Å²) < 4.78 is 24.2. The van der Waals surface area contributed by atoms with Gasteiger partial charge in [-0.3, -0.25) is 29.0 Å². The Morgan fingerprint density at radius 2 is 0.828 bits per heavy atom. The Hall–Kier alpha value is -3.25. The van der Waals surface area contributed by atoms with Crippen molar-refractivity contribution in [3.8, 4) is 0 Å². The first kappa shape index (κ1) is 25.8. The van der Waals surface area contributed by atoms with Gasteiger partial charge in [-0.15, -0.1) is 0 Å². The average molecular weight is 434 g/mol.